The maximum atomic E-state index is 12.8. The lowest BCUT2D eigenvalue weighted by molar-refractivity contribution is 0.449. The number of benzene rings is 1. The topological polar surface area (TPSA) is 77.7 Å². The van der Waals surface area contributed by atoms with Gasteiger partial charge in [-0.3, -0.25) is 4.57 Å². The van der Waals surface area contributed by atoms with Crippen molar-refractivity contribution in [3.8, 4) is 17.4 Å². The zero-order valence-corrected chi connectivity index (χ0v) is 15.2. The second kappa shape index (κ2) is 6.10. The standard InChI is InChI=1S/C19H15N5O2S/c1-2-23-16-4-3-9-20-17(16)24(19(23)25)12-5-7-13(8-6-12)26-18-21-14-10-27-11-15(14)22-18/h3-11H,2H2,1H3,(H,21,22). The summed E-state index contributed by atoms with van der Waals surface area (Å²) in [7, 11) is 0. The van der Waals surface area contributed by atoms with Gasteiger partial charge in [0.25, 0.3) is 6.01 Å². The van der Waals surface area contributed by atoms with Crippen molar-refractivity contribution in [2.24, 2.45) is 0 Å². The molecule has 0 amide bonds. The molecule has 7 nitrogen and oxygen atoms in total. The number of imidazole rings is 2. The highest BCUT2D eigenvalue weighted by Crippen LogP contribution is 2.25. The third-order valence-corrected chi connectivity index (χ3v) is 5.15. The van der Waals surface area contributed by atoms with Gasteiger partial charge in [-0.25, -0.2) is 14.3 Å². The Bertz CT molecular complexity index is 1280. The van der Waals surface area contributed by atoms with Gasteiger partial charge in [-0.1, -0.05) is 0 Å². The molecule has 5 rings (SSSR count). The Morgan fingerprint density at radius 3 is 2.81 bits per heavy atom. The second-order valence-electron chi connectivity index (χ2n) is 6.02. The number of thiophene rings is 1. The van der Waals surface area contributed by atoms with Crippen molar-refractivity contribution in [2.75, 3.05) is 0 Å². The summed E-state index contributed by atoms with van der Waals surface area (Å²) in [5.74, 6) is 0.638. The van der Waals surface area contributed by atoms with Gasteiger partial charge in [-0.2, -0.15) is 4.98 Å². The number of nitrogens with one attached hydrogen (secondary N) is 1. The first kappa shape index (κ1) is 15.8. The van der Waals surface area contributed by atoms with Gasteiger partial charge in [0.05, 0.1) is 16.7 Å². The summed E-state index contributed by atoms with van der Waals surface area (Å²) < 4.78 is 9.11. The highest BCUT2D eigenvalue weighted by molar-refractivity contribution is 7.09. The molecule has 4 heterocycles. The maximum absolute atomic E-state index is 12.8. The Labute approximate surface area is 157 Å². The summed E-state index contributed by atoms with van der Waals surface area (Å²) in [5, 5.41) is 3.95. The lowest BCUT2D eigenvalue weighted by Gasteiger charge is -2.05. The van der Waals surface area contributed by atoms with Crippen LogP contribution in [0.3, 0.4) is 0 Å². The number of aromatic nitrogens is 5. The van der Waals surface area contributed by atoms with E-state index >= 15 is 0 Å². The Kier molecular flexibility index (Phi) is 3.58. The average molecular weight is 377 g/mol. The van der Waals surface area contributed by atoms with E-state index in [1.54, 1.807) is 26.7 Å². The fourth-order valence-corrected chi connectivity index (χ4v) is 3.86. The van der Waals surface area contributed by atoms with Gasteiger partial charge in [0.2, 0.25) is 0 Å². The number of aryl methyl sites for hydroxylation is 1. The SMILES string of the molecule is CCn1c(=O)n(-c2ccc(Oc3nc4cscc4[nH]3)cc2)c2ncccc21. The van der Waals surface area contributed by atoms with Crippen LogP contribution in [0.5, 0.6) is 11.8 Å². The summed E-state index contributed by atoms with van der Waals surface area (Å²) >= 11 is 1.59. The molecule has 4 aromatic heterocycles. The van der Waals surface area contributed by atoms with E-state index < -0.39 is 0 Å². The molecule has 0 saturated heterocycles. The summed E-state index contributed by atoms with van der Waals surface area (Å²) in [6.07, 6.45) is 1.69. The van der Waals surface area contributed by atoms with Crippen LogP contribution in [0.15, 0.2) is 58.1 Å². The zero-order valence-electron chi connectivity index (χ0n) is 14.4. The van der Waals surface area contributed by atoms with Crippen LogP contribution in [-0.4, -0.2) is 24.1 Å². The van der Waals surface area contributed by atoms with Gasteiger partial charge in [-0.05, 0) is 43.3 Å². The molecule has 0 saturated carbocycles. The predicted octanol–water partition coefficient (Wildman–Crippen LogP) is 3.94. The number of pyridine rings is 1. The van der Waals surface area contributed by atoms with Gasteiger partial charge < -0.3 is 9.72 Å². The van der Waals surface area contributed by atoms with Gasteiger partial charge in [0, 0.05) is 23.5 Å². The molecular formula is C19H15N5O2S. The van der Waals surface area contributed by atoms with E-state index in [-0.39, 0.29) is 5.69 Å². The number of hydrogen-bond donors (Lipinski definition) is 1. The van der Waals surface area contributed by atoms with Crippen molar-refractivity contribution >= 4 is 33.5 Å². The van der Waals surface area contributed by atoms with Crippen LogP contribution >= 0.6 is 11.3 Å². The van der Waals surface area contributed by atoms with E-state index in [4.69, 9.17) is 4.74 Å². The monoisotopic (exact) mass is 377 g/mol. The Morgan fingerprint density at radius 1 is 1.19 bits per heavy atom. The lowest BCUT2D eigenvalue weighted by Crippen LogP contribution is -2.22. The number of fused-ring (bicyclic) bond motifs is 2. The van der Waals surface area contributed by atoms with Crippen molar-refractivity contribution in [3.63, 3.8) is 0 Å². The third-order valence-electron chi connectivity index (χ3n) is 4.42. The van der Waals surface area contributed by atoms with E-state index in [2.05, 4.69) is 15.0 Å². The van der Waals surface area contributed by atoms with Crippen molar-refractivity contribution in [2.45, 2.75) is 13.5 Å². The van der Waals surface area contributed by atoms with Crippen LogP contribution < -0.4 is 10.4 Å². The molecule has 0 atom stereocenters. The number of rotatable bonds is 4. The largest absolute Gasteiger partial charge is 0.426 e. The molecule has 0 fully saturated rings. The van der Waals surface area contributed by atoms with Crippen molar-refractivity contribution in [3.05, 3.63) is 63.8 Å². The quantitative estimate of drug-likeness (QED) is 0.515. The first-order valence-electron chi connectivity index (χ1n) is 8.51. The van der Waals surface area contributed by atoms with Crippen LogP contribution in [0.1, 0.15) is 6.92 Å². The Balaban J connectivity index is 1.52. The normalized spacial score (nSPS) is 11.4. The summed E-state index contributed by atoms with van der Waals surface area (Å²) in [6, 6.07) is 11.5. The fraction of sp³-hybridized carbons (Fsp3) is 0.105. The van der Waals surface area contributed by atoms with E-state index in [9.17, 15) is 4.79 Å². The number of aromatic amines is 1. The lowest BCUT2D eigenvalue weighted by atomic mass is 10.3. The maximum Gasteiger partial charge on any atom is 0.334 e. The van der Waals surface area contributed by atoms with Gasteiger partial charge in [0.1, 0.15) is 11.3 Å². The van der Waals surface area contributed by atoms with Crippen LogP contribution in [0.2, 0.25) is 0 Å². The molecule has 1 N–H and O–H groups in total. The molecule has 27 heavy (non-hydrogen) atoms. The Morgan fingerprint density at radius 2 is 2.04 bits per heavy atom. The first-order valence-corrected chi connectivity index (χ1v) is 9.45. The molecule has 5 aromatic rings. The van der Waals surface area contributed by atoms with Crippen molar-refractivity contribution in [1.82, 2.24) is 24.1 Å². The van der Waals surface area contributed by atoms with Gasteiger partial charge in [0.15, 0.2) is 5.65 Å². The van der Waals surface area contributed by atoms with E-state index in [1.807, 2.05) is 54.1 Å². The molecule has 0 bridgehead atoms. The predicted molar refractivity (Wildman–Crippen MR) is 105 cm³/mol. The van der Waals surface area contributed by atoms with Crippen LogP contribution in [0, 0.1) is 0 Å². The minimum absolute atomic E-state index is 0.106. The van der Waals surface area contributed by atoms with Crippen molar-refractivity contribution < 1.29 is 4.74 Å². The molecule has 0 aliphatic rings. The minimum Gasteiger partial charge on any atom is -0.426 e. The molecule has 134 valence electrons. The molecule has 0 aliphatic heterocycles. The molecule has 0 aliphatic carbocycles. The summed E-state index contributed by atoms with van der Waals surface area (Å²) in [6.45, 7) is 2.54. The van der Waals surface area contributed by atoms with Crippen LogP contribution in [0.4, 0.5) is 0 Å². The smallest absolute Gasteiger partial charge is 0.334 e. The first-order chi connectivity index (χ1) is 13.2. The number of H-pyrrole nitrogens is 1. The van der Waals surface area contributed by atoms with Crippen LogP contribution in [0.25, 0.3) is 27.9 Å². The van der Waals surface area contributed by atoms with Crippen molar-refractivity contribution in [1.29, 1.82) is 0 Å². The number of ether oxygens (including phenoxy) is 1. The second-order valence-corrected chi connectivity index (χ2v) is 6.76. The molecule has 0 spiro atoms. The van der Waals surface area contributed by atoms with Gasteiger partial charge in [-0.15, -0.1) is 11.3 Å². The fourth-order valence-electron chi connectivity index (χ4n) is 3.17. The summed E-state index contributed by atoms with van der Waals surface area (Å²) in [5.41, 5.74) is 3.94. The summed E-state index contributed by atoms with van der Waals surface area (Å²) in [4.78, 5) is 24.7. The zero-order chi connectivity index (χ0) is 18.4. The van der Waals surface area contributed by atoms with E-state index in [0.717, 1.165) is 22.2 Å². The van der Waals surface area contributed by atoms with Crippen LogP contribution in [-0.2, 0) is 6.54 Å². The molecule has 0 radical (unpaired) electrons. The highest BCUT2D eigenvalue weighted by Gasteiger charge is 2.14. The highest BCUT2D eigenvalue weighted by atomic mass is 32.1. The molecule has 8 heteroatoms. The number of hydrogen-bond acceptors (Lipinski definition) is 5. The molecular weight excluding hydrogens is 362 g/mol. The third kappa shape index (κ3) is 2.53. The Hall–Kier alpha value is -3.39. The average Bonchev–Trinajstić information content (AvgIpc) is 3.34. The van der Waals surface area contributed by atoms with E-state index in [0.29, 0.717) is 24.0 Å². The minimum atomic E-state index is -0.106. The van der Waals surface area contributed by atoms with E-state index in [1.165, 1.54) is 0 Å². The number of nitrogens with zero attached hydrogens (tertiary/aromatic N) is 4. The molecule has 1 aromatic carbocycles. The molecule has 0 unspecified atom stereocenters. The van der Waals surface area contributed by atoms with Gasteiger partial charge >= 0.3 is 5.69 Å².